The van der Waals surface area contributed by atoms with E-state index in [1.807, 2.05) is 0 Å². The van der Waals surface area contributed by atoms with E-state index in [1.165, 1.54) is 58.0 Å². The molecule has 0 bridgehead atoms. The van der Waals surface area contributed by atoms with Crippen LogP contribution in [0.4, 0.5) is 0 Å². The standard InChI is InChI=1S/C18H35N3/c1-14-6-5-9-18(11-14,20(3)4)13-19-16-10-15(2)21(12-16)17-7-8-17/h14-17,19H,5-13H2,1-4H3. The highest BCUT2D eigenvalue weighted by atomic mass is 15.3. The average Bonchev–Trinajstić information content (AvgIpc) is 3.20. The van der Waals surface area contributed by atoms with Crippen molar-refractivity contribution in [3.8, 4) is 0 Å². The summed E-state index contributed by atoms with van der Waals surface area (Å²) in [4.78, 5) is 5.26. The van der Waals surface area contributed by atoms with Crippen LogP contribution in [0, 0.1) is 5.92 Å². The summed E-state index contributed by atoms with van der Waals surface area (Å²) in [5.41, 5.74) is 0.397. The normalized spacial score (nSPS) is 41.9. The van der Waals surface area contributed by atoms with Gasteiger partial charge in [0.25, 0.3) is 0 Å². The third-order valence-electron chi connectivity index (χ3n) is 6.37. The second kappa shape index (κ2) is 6.17. The van der Waals surface area contributed by atoms with Crippen LogP contribution >= 0.6 is 0 Å². The fourth-order valence-electron chi connectivity index (χ4n) is 4.81. The lowest BCUT2D eigenvalue weighted by molar-refractivity contribution is 0.0724. The lowest BCUT2D eigenvalue weighted by Crippen LogP contribution is -2.55. The quantitative estimate of drug-likeness (QED) is 0.841. The maximum absolute atomic E-state index is 3.95. The molecule has 3 rings (SSSR count). The highest BCUT2D eigenvalue weighted by Gasteiger charge is 2.41. The number of nitrogens with one attached hydrogen (secondary N) is 1. The molecule has 3 nitrogen and oxygen atoms in total. The fraction of sp³-hybridized carbons (Fsp3) is 1.00. The molecule has 2 aliphatic carbocycles. The number of likely N-dealkylation sites (N-methyl/N-ethyl adjacent to an activating group) is 1. The van der Waals surface area contributed by atoms with Gasteiger partial charge in [-0.3, -0.25) is 4.90 Å². The lowest BCUT2D eigenvalue weighted by atomic mass is 9.75. The first-order chi connectivity index (χ1) is 10.00. The van der Waals surface area contributed by atoms with Crippen molar-refractivity contribution in [3.63, 3.8) is 0 Å². The zero-order valence-corrected chi connectivity index (χ0v) is 14.6. The zero-order chi connectivity index (χ0) is 15.0. The van der Waals surface area contributed by atoms with E-state index >= 15 is 0 Å². The second-order valence-electron chi connectivity index (χ2n) is 8.41. The monoisotopic (exact) mass is 293 g/mol. The summed E-state index contributed by atoms with van der Waals surface area (Å²) in [6.45, 7) is 7.32. The summed E-state index contributed by atoms with van der Waals surface area (Å²) >= 11 is 0. The van der Waals surface area contributed by atoms with E-state index in [0.29, 0.717) is 5.54 Å². The van der Waals surface area contributed by atoms with Crippen molar-refractivity contribution in [2.45, 2.75) is 82.5 Å². The van der Waals surface area contributed by atoms with Crippen molar-refractivity contribution in [1.82, 2.24) is 15.1 Å². The SMILES string of the molecule is CC1CCCC(CNC2CC(C)N(C3CC3)C2)(N(C)C)C1. The molecule has 0 aromatic heterocycles. The first-order valence-corrected chi connectivity index (χ1v) is 9.17. The molecular weight excluding hydrogens is 258 g/mol. The van der Waals surface area contributed by atoms with E-state index < -0.39 is 0 Å². The van der Waals surface area contributed by atoms with E-state index in [4.69, 9.17) is 0 Å². The van der Waals surface area contributed by atoms with Crippen molar-refractivity contribution in [3.05, 3.63) is 0 Å². The number of hydrogen-bond donors (Lipinski definition) is 1. The molecule has 3 heteroatoms. The highest BCUT2D eigenvalue weighted by Crippen LogP contribution is 2.36. The van der Waals surface area contributed by atoms with E-state index in [2.05, 4.69) is 43.1 Å². The van der Waals surface area contributed by atoms with E-state index in [9.17, 15) is 0 Å². The molecule has 0 spiro atoms. The molecule has 1 saturated heterocycles. The molecule has 122 valence electrons. The molecule has 21 heavy (non-hydrogen) atoms. The van der Waals surface area contributed by atoms with Crippen LogP contribution in [-0.2, 0) is 0 Å². The summed E-state index contributed by atoms with van der Waals surface area (Å²) in [6, 6.07) is 2.43. The minimum Gasteiger partial charge on any atom is -0.311 e. The number of nitrogens with zero attached hydrogens (tertiary/aromatic N) is 2. The maximum atomic E-state index is 3.95. The molecule has 1 aliphatic heterocycles. The summed E-state index contributed by atoms with van der Waals surface area (Å²) in [5, 5.41) is 3.95. The molecule has 2 saturated carbocycles. The predicted molar refractivity (Wildman–Crippen MR) is 89.6 cm³/mol. The molecule has 1 N–H and O–H groups in total. The van der Waals surface area contributed by atoms with Gasteiger partial charge in [0.2, 0.25) is 0 Å². The van der Waals surface area contributed by atoms with Crippen LogP contribution < -0.4 is 5.32 Å². The topological polar surface area (TPSA) is 18.5 Å². The van der Waals surface area contributed by atoms with Crippen LogP contribution in [0.5, 0.6) is 0 Å². The Labute approximate surface area is 131 Å². The lowest BCUT2D eigenvalue weighted by Gasteiger charge is -2.46. The minimum atomic E-state index is 0.397. The summed E-state index contributed by atoms with van der Waals surface area (Å²) in [7, 11) is 4.57. The Morgan fingerprint density at radius 1 is 1.19 bits per heavy atom. The fourth-order valence-corrected chi connectivity index (χ4v) is 4.81. The average molecular weight is 293 g/mol. The van der Waals surface area contributed by atoms with Crippen LogP contribution in [0.1, 0.15) is 58.8 Å². The molecule has 3 fully saturated rings. The molecule has 3 aliphatic rings. The van der Waals surface area contributed by atoms with Gasteiger partial charge in [0.1, 0.15) is 0 Å². The Morgan fingerprint density at radius 3 is 2.57 bits per heavy atom. The van der Waals surface area contributed by atoms with Gasteiger partial charge in [-0.05, 0) is 59.0 Å². The first-order valence-electron chi connectivity index (χ1n) is 9.17. The van der Waals surface area contributed by atoms with Crippen molar-refractivity contribution >= 4 is 0 Å². The summed E-state index contributed by atoms with van der Waals surface area (Å²) in [6.07, 6.45) is 9.78. The minimum absolute atomic E-state index is 0.397. The van der Waals surface area contributed by atoms with Gasteiger partial charge in [0, 0.05) is 36.8 Å². The molecule has 0 aromatic rings. The highest BCUT2D eigenvalue weighted by molar-refractivity contribution is 4.99. The zero-order valence-electron chi connectivity index (χ0n) is 14.6. The van der Waals surface area contributed by atoms with Crippen LogP contribution in [0.15, 0.2) is 0 Å². The van der Waals surface area contributed by atoms with Gasteiger partial charge in [-0.15, -0.1) is 0 Å². The van der Waals surface area contributed by atoms with Crippen molar-refractivity contribution in [2.24, 2.45) is 5.92 Å². The number of likely N-dealkylation sites (tertiary alicyclic amines) is 1. The summed E-state index contributed by atoms with van der Waals surface area (Å²) < 4.78 is 0. The van der Waals surface area contributed by atoms with Crippen LogP contribution in [0.25, 0.3) is 0 Å². The Morgan fingerprint density at radius 2 is 1.95 bits per heavy atom. The first kappa shape index (κ1) is 15.8. The molecule has 0 amide bonds. The predicted octanol–water partition coefficient (Wildman–Crippen LogP) is 2.71. The van der Waals surface area contributed by atoms with Crippen LogP contribution in [0.2, 0.25) is 0 Å². The third kappa shape index (κ3) is 3.46. The molecule has 1 heterocycles. The van der Waals surface area contributed by atoms with Gasteiger partial charge in [-0.25, -0.2) is 0 Å². The molecule has 4 atom stereocenters. The van der Waals surface area contributed by atoms with Gasteiger partial charge in [-0.1, -0.05) is 19.8 Å². The van der Waals surface area contributed by atoms with Gasteiger partial charge in [0.15, 0.2) is 0 Å². The molecule has 0 aromatic carbocycles. The van der Waals surface area contributed by atoms with E-state index in [-0.39, 0.29) is 0 Å². The van der Waals surface area contributed by atoms with Gasteiger partial charge < -0.3 is 10.2 Å². The number of hydrogen-bond acceptors (Lipinski definition) is 3. The Balaban J connectivity index is 1.55. The van der Waals surface area contributed by atoms with Crippen molar-refractivity contribution in [1.29, 1.82) is 0 Å². The Kier molecular flexibility index (Phi) is 4.63. The van der Waals surface area contributed by atoms with Gasteiger partial charge in [0.05, 0.1) is 0 Å². The molecule has 4 unspecified atom stereocenters. The number of rotatable bonds is 5. The van der Waals surface area contributed by atoms with E-state index in [0.717, 1.165) is 24.0 Å². The van der Waals surface area contributed by atoms with E-state index in [1.54, 1.807) is 0 Å². The van der Waals surface area contributed by atoms with Crippen LogP contribution in [-0.4, -0.2) is 60.6 Å². The maximum Gasteiger partial charge on any atom is 0.0330 e. The van der Waals surface area contributed by atoms with Crippen molar-refractivity contribution in [2.75, 3.05) is 27.2 Å². The van der Waals surface area contributed by atoms with Gasteiger partial charge in [-0.2, -0.15) is 0 Å². The Hall–Kier alpha value is -0.120. The Bertz CT molecular complexity index is 352. The largest absolute Gasteiger partial charge is 0.311 e. The second-order valence-corrected chi connectivity index (χ2v) is 8.41. The molecular formula is C18H35N3. The van der Waals surface area contributed by atoms with Gasteiger partial charge >= 0.3 is 0 Å². The molecule has 0 radical (unpaired) electrons. The third-order valence-corrected chi connectivity index (χ3v) is 6.37. The summed E-state index contributed by atoms with van der Waals surface area (Å²) in [5.74, 6) is 0.883. The van der Waals surface area contributed by atoms with Crippen LogP contribution in [0.3, 0.4) is 0 Å². The smallest absolute Gasteiger partial charge is 0.0330 e. The van der Waals surface area contributed by atoms with Crippen molar-refractivity contribution < 1.29 is 0 Å².